The Morgan fingerprint density at radius 3 is 2.61 bits per heavy atom. The second-order valence-corrected chi connectivity index (χ2v) is 5.98. The van der Waals surface area contributed by atoms with Crippen LogP contribution in [0.2, 0.25) is 5.02 Å². The second kappa shape index (κ2) is 7.16. The minimum atomic E-state index is 0.276. The Kier molecular flexibility index (Phi) is 5.52. The summed E-state index contributed by atoms with van der Waals surface area (Å²) in [7, 11) is 0. The van der Waals surface area contributed by atoms with Gasteiger partial charge in [-0.3, -0.25) is 0 Å². The summed E-state index contributed by atoms with van der Waals surface area (Å²) in [4.78, 5) is 0. The SMILES string of the molecule is OCC(CCC1CCCC1)Cc1ccccc1Cl. The number of benzene rings is 1. The molecule has 1 atom stereocenters. The predicted octanol–water partition coefficient (Wildman–Crippen LogP) is 4.46. The molecule has 0 aromatic heterocycles. The van der Waals surface area contributed by atoms with Crippen molar-refractivity contribution in [2.45, 2.75) is 44.9 Å². The van der Waals surface area contributed by atoms with E-state index >= 15 is 0 Å². The van der Waals surface area contributed by atoms with E-state index in [1.165, 1.54) is 37.7 Å². The number of hydrogen-bond donors (Lipinski definition) is 1. The second-order valence-electron chi connectivity index (χ2n) is 5.57. The number of halogens is 1. The molecule has 1 nitrogen and oxygen atoms in total. The summed E-state index contributed by atoms with van der Waals surface area (Å²) < 4.78 is 0. The van der Waals surface area contributed by atoms with E-state index < -0.39 is 0 Å². The first-order valence-electron chi connectivity index (χ1n) is 7.14. The van der Waals surface area contributed by atoms with Gasteiger partial charge in [-0.2, -0.15) is 0 Å². The monoisotopic (exact) mass is 266 g/mol. The van der Waals surface area contributed by atoms with Crippen LogP contribution >= 0.6 is 11.6 Å². The minimum absolute atomic E-state index is 0.276. The van der Waals surface area contributed by atoms with Gasteiger partial charge in [0.2, 0.25) is 0 Å². The van der Waals surface area contributed by atoms with E-state index in [-0.39, 0.29) is 6.61 Å². The molecule has 2 heteroatoms. The topological polar surface area (TPSA) is 20.2 Å². The molecule has 1 fully saturated rings. The highest BCUT2D eigenvalue weighted by atomic mass is 35.5. The Hall–Kier alpha value is -0.530. The molecule has 1 aliphatic carbocycles. The molecule has 1 N–H and O–H groups in total. The van der Waals surface area contributed by atoms with Crippen LogP contribution in [0.1, 0.15) is 44.1 Å². The zero-order chi connectivity index (χ0) is 12.8. The van der Waals surface area contributed by atoms with Crippen molar-refractivity contribution in [2.24, 2.45) is 11.8 Å². The lowest BCUT2D eigenvalue weighted by Gasteiger charge is -2.17. The fourth-order valence-electron chi connectivity index (χ4n) is 3.00. The Labute approximate surface area is 115 Å². The van der Waals surface area contributed by atoms with E-state index in [9.17, 15) is 5.11 Å². The van der Waals surface area contributed by atoms with Crippen molar-refractivity contribution in [2.75, 3.05) is 6.61 Å². The Morgan fingerprint density at radius 1 is 1.22 bits per heavy atom. The lowest BCUT2D eigenvalue weighted by atomic mass is 9.91. The molecule has 2 rings (SSSR count). The van der Waals surface area contributed by atoms with Crippen molar-refractivity contribution in [1.29, 1.82) is 0 Å². The normalized spacial score (nSPS) is 18.1. The highest BCUT2D eigenvalue weighted by Crippen LogP contribution is 2.30. The number of aliphatic hydroxyl groups is 1. The van der Waals surface area contributed by atoms with E-state index in [1.807, 2.05) is 18.2 Å². The largest absolute Gasteiger partial charge is 0.396 e. The van der Waals surface area contributed by atoms with Gasteiger partial charge in [0.25, 0.3) is 0 Å². The van der Waals surface area contributed by atoms with Crippen LogP contribution in [-0.2, 0) is 6.42 Å². The molecule has 18 heavy (non-hydrogen) atoms. The van der Waals surface area contributed by atoms with E-state index in [2.05, 4.69) is 6.07 Å². The van der Waals surface area contributed by atoms with Gasteiger partial charge in [-0.25, -0.2) is 0 Å². The fraction of sp³-hybridized carbons (Fsp3) is 0.625. The van der Waals surface area contributed by atoms with E-state index in [0.29, 0.717) is 5.92 Å². The molecule has 0 spiro atoms. The third kappa shape index (κ3) is 4.00. The first kappa shape index (κ1) is 13.9. The molecule has 1 aromatic carbocycles. The molecule has 1 aromatic rings. The zero-order valence-corrected chi connectivity index (χ0v) is 11.7. The molecule has 1 aliphatic rings. The van der Waals surface area contributed by atoms with Crippen LogP contribution < -0.4 is 0 Å². The van der Waals surface area contributed by atoms with E-state index in [0.717, 1.165) is 23.8 Å². The molecular formula is C16H23ClO. The molecule has 0 amide bonds. The van der Waals surface area contributed by atoms with Gasteiger partial charge in [0, 0.05) is 11.6 Å². The summed E-state index contributed by atoms with van der Waals surface area (Å²) >= 11 is 6.17. The molecule has 0 aliphatic heterocycles. The van der Waals surface area contributed by atoms with Crippen molar-refractivity contribution in [3.63, 3.8) is 0 Å². The van der Waals surface area contributed by atoms with Crippen molar-refractivity contribution in [3.8, 4) is 0 Å². The van der Waals surface area contributed by atoms with Gasteiger partial charge in [0.15, 0.2) is 0 Å². The molecule has 1 unspecified atom stereocenters. The van der Waals surface area contributed by atoms with Gasteiger partial charge in [-0.1, -0.05) is 61.9 Å². The standard InChI is InChI=1S/C16H23ClO/c17-16-8-4-3-7-15(16)11-14(12-18)10-9-13-5-1-2-6-13/h3-4,7-8,13-14,18H,1-2,5-6,9-12H2. The van der Waals surface area contributed by atoms with Crippen molar-refractivity contribution >= 4 is 11.6 Å². The fourth-order valence-corrected chi connectivity index (χ4v) is 3.22. The minimum Gasteiger partial charge on any atom is -0.396 e. The highest BCUT2D eigenvalue weighted by molar-refractivity contribution is 6.31. The molecule has 0 bridgehead atoms. The first-order chi connectivity index (χ1) is 8.79. The summed E-state index contributed by atoms with van der Waals surface area (Å²) in [6, 6.07) is 7.98. The van der Waals surface area contributed by atoms with Crippen LogP contribution in [-0.4, -0.2) is 11.7 Å². The third-order valence-corrected chi connectivity index (χ3v) is 4.55. The quantitative estimate of drug-likeness (QED) is 0.806. The lowest BCUT2D eigenvalue weighted by Crippen LogP contribution is -2.11. The van der Waals surface area contributed by atoms with E-state index in [4.69, 9.17) is 11.6 Å². The van der Waals surface area contributed by atoms with Gasteiger partial charge in [0.1, 0.15) is 0 Å². The smallest absolute Gasteiger partial charge is 0.0462 e. The number of hydrogen-bond acceptors (Lipinski definition) is 1. The van der Waals surface area contributed by atoms with E-state index in [1.54, 1.807) is 0 Å². The summed E-state index contributed by atoms with van der Waals surface area (Å²) in [5.74, 6) is 1.27. The maximum absolute atomic E-state index is 9.51. The van der Waals surface area contributed by atoms with Gasteiger partial charge in [-0.15, -0.1) is 0 Å². The molecule has 1 saturated carbocycles. The van der Waals surface area contributed by atoms with Crippen LogP contribution in [0.3, 0.4) is 0 Å². The van der Waals surface area contributed by atoms with Crippen molar-refractivity contribution in [1.82, 2.24) is 0 Å². The Bertz CT molecular complexity index is 358. The van der Waals surface area contributed by atoms with Crippen LogP contribution in [0.5, 0.6) is 0 Å². The van der Waals surface area contributed by atoms with Gasteiger partial charge < -0.3 is 5.11 Å². The Balaban J connectivity index is 1.83. The predicted molar refractivity (Wildman–Crippen MR) is 76.9 cm³/mol. The van der Waals surface area contributed by atoms with Gasteiger partial charge >= 0.3 is 0 Å². The average molecular weight is 267 g/mol. The van der Waals surface area contributed by atoms with Crippen LogP contribution in [0, 0.1) is 11.8 Å². The molecular weight excluding hydrogens is 244 g/mol. The zero-order valence-electron chi connectivity index (χ0n) is 10.9. The van der Waals surface area contributed by atoms with Gasteiger partial charge in [-0.05, 0) is 36.3 Å². The molecule has 0 saturated heterocycles. The molecule has 0 radical (unpaired) electrons. The van der Waals surface area contributed by atoms with Gasteiger partial charge in [0.05, 0.1) is 0 Å². The van der Waals surface area contributed by atoms with Crippen LogP contribution in [0.4, 0.5) is 0 Å². The van der Waals surface area contributed by atoms with Crippen LogP contribution in [0.15, 0.2) is 24.3 Å². The molecule has 0 heterocycles. The maximum atomic E-state index is 9.51. The summed E-state index contributed by atoms with van der Waals surface area (Å²) in [5, 5.41) is 10.3. The summed E-state index contributed by atoms with van der Waals surface area (Å²) in [6.45, 7) is 0.276. The maximum Gasteiger partial charge on any atom is 0.0462 e. The lowest BCUT2D eigenvalue weighted by molar-refractivity contribution is 0.209. The number of rotatable bonds is 6. The average Bonchev–Trinajstić information content (AvgIpc) is 2.90. The number of aliphatic hydroxyl groups excluding tert-OH is 1. The Morgan fingerprint density at radius 2 is 1.94 bits per heavy atom. The van der Waals surface area contributed by atoms with Crippen molar-refractivity contribution in [3.05, 3.63) is 34.9 Å². The van der Waals surface area contributed by atoms with Crippen molar-refractivity contribution < 1.29 is 5.11 Å². The van der Waals surface area contributed by atoms with Crippen LogP contribution in [0.25, 0.3) is 0 Å². The molecule has 100 valence electrons. The third-order valence-electron chi connectivity index (χ3n) is 4.18. The summed E-state index contributed by atoms with van der Waals surface area (Å²) in [5.41, 5.74) is 1.17. The first-order valence-corrected chi connectivity index (χ1v) is 7.51. The summed E-state index contributed by atoms with van der Waals surface area (Å²) in [6.07, 6.45) is 8.90. The highest BCUT2D eigenvalue weighted by Gasteiger charge is 2.17.